The van der Waals surface area contributed by atoms with Crippen LogP contribution in [-0.2, 0) is 9.53 Å². The van der Waals surface area contributed by atoms with Gasteiger partial charge in [0.15, 0.2) is 23.5 Å². The smallest absolute Gasteiger partial charge is 0.408 e. The Bertz CT molecular complexity index is 546. The average Bonchev–Trinajstić information content (AvgIpc) is 2.29. The van der Waals surface area contributed by atoms with Gasteiger partial charge >= 0.3 is 12.1 Å². The van der Waals surface area contributed by atoms with E-state index >= 15 is 0 Å². The van der Waals surface area contributed by atoms with E-state index in [1.165, 1.54) is 0 Å². The molecule has 1 aromatic rings. The molecule has 0 radical (unpaired) electrons. The van der Waals surface area contributed by atoms with Crippen LogP contribution in [0.4, 0.5) is 18.0 Å². The third-order valence-corrected chi connectivity index (χ3v) is 2.25. The van der Waals surface area contributed by atoms with Crippen LogP contribution in [-0.4, -0.2) is 22.8 Å². The largest absolute Gasteiger partial charge is 0.479 e. The van der Waals surface area contributed by atoms with Gasteiger partial charge in [0.1, 0.15) is 5.60 Å². The summed E-state index contributed by atoms with van der Waals surface area (Å²) in [6.45, 7) is 4.67. The molecular weight excluding hydrogens is 291 g/mol. The van der Waals surface area contributed by atoms with Crippen LogP contribution >= 0.6 is 0 Å². The monoisotopic (exact) mass is 305 g/mol. The van der Waals surface area contributed by atoms with Crippen molar-refractivity contribution in [2.24, 2.45) is 0 Å². The molecule has 21 heavy (non-hydrogen) atoms. The van der Waals surface area contributed by atoms with Gasteiger partial charge in [-0.05, 0) is 38.5 Å². The van der Waals surface area contributed by atoms with E-state index in [4.69, 9.17) is 9.84 Å². The topological polar surface area (TPSA) is 75.6 Å². The number of aliphatic carboxylic acids is 1. The molecule has 8 heteroatoms. The summed E-state index contributed by atoms with van der Waals surface area (Å²) in [5, 5.41) is 11.0. The van der Waals surface area contributed by atoms with Crippen LogP contribution in [0.15, 0.2) is 12.1 Å². The molecule has 0 saturated carbocycles. The molecule has 5 nitrogen and oxygen atoms in total. The number of carbonyl (C=O) groups is 2. The fraction of sp³-hybridized carbons (Fsp3) is 0.385. The predicted molar refractivity (Wildman–Crippen MR) is 66.1 cm³/mol. The molecule has 0 bridgehead atoms. The number of hydrogen-bond acceptors (Lipinski definition) is 3. The minimum absolute atomic E-state index is 0.454. The lowest BCUT2D eigenvalue weighted by atomic mass is 10.1. The number of carboxylic acids is 1. The van der Waals surface area contributed by atoms with E-state index in [0.717, 1.165) is 0 Å². The van der Waals surface area contributed by atoms with Gasteiger partial charge in [-0.15, -0.1) is 0 Å². The van der Waals surface area contributed by atoms with Gasteiger partial charge in [0.25, 0.3) is 0 Å². The summed E-state index contributed by atoms with van der Waals surface area (Å²) in [7, 11) is 0. The number of nitrogens with one attached hydrogen (secondary N) is 1. The van der Waals surface area contributed by atoms with Crippen LogP contribution in [0.3, 0.4) is 0 Å². The third kappa shape index (κ3) is 4.66. The molecule has 0 aliphatic carbocycles. The van der Waals surface area contributed by atoms with Gasteiger partial charge in [0.05, 0.1) is 0 Å². The first kappa shape index (κ1) is 16.8. The second-order valence-corrected chi connectivity index (χ2v) is 5.22. The van der Waals surface area contributed by atoms with E-state index in [1.807, 2.05) is 5.32 Å². The van der Waals surface area contributed by atoms with Crippen molar-refractivity contribution in [3.05, 3.63) is 35.1 Å². The number of carbonyl (C=O) groups excluding carboxylic acids is 1. The molecule has 2 N–H and O–H groups in total. The maximum Gasteiger partial charge on any atom is 0.408 e. The van der Waals surface area contributed by atoms with Crippen molar-refractivity contribution in [3.8, 4) is 0 Å². The number of amides is 1. The number of halogens is 3. The van der Waals surface area contributed by atoms with E-state index in [1.54, 1.807) is 20.8 Å². The van der Waals surface area contributed by atoms with Gasteiger partial charge in [0.2, 0.25) is 0 Å². The molecular formula is C13H14F3NO4. The molecule has 1 rings (SSSR count). The van der Waals surface area contributed by atoms with Crippen LogP contribution in [0, 0.1) is 17.5 Å². The Labute approximate surface area is 118 Å². The number of rotatable bonds is 3. The zero-order valence-electron chi connectivity index (χ0n) is 11.5. The summed E-state index contributed by atoms with van der Waals surface area (Å²) < 4.78 is 43.9. The second kappa shape index (κ2) is 6.02. The lowest BCUT2D eigenvalue weighted by molar-refractivity contribution is -0.139. The molecule has 1 atom stereocenters. The van der Waals surface area contributed by atoms with Crippen LogP contribution in [0.25, 0.3) is 0 Å². The maximum atomic E-state index is 13.1. The average molecular weight is 305 g/mol. The highest BCUT2D eigenvalue weighted by atomic mass is 19.2. The van der Waals surface area contributed by atoms with Gasteiger partial charge in [0, 0.05) is 0 Å². The number of hydrogen-bond donors (Lipinski definition) is 2. The zero-order valence-corrected chi connectivity index (χ0v) is 11.5. The van der Waals surface area contributed by atoms with E-state index in [9.17, 15) is 22.8 Å². The van der Waals surface area contributed by atoms with E-state index < -0.39 is 46.7 Å². The molecule has 1 aromatic carbocycles. The van der Waals surface area contributed by atoms with E-state index in [2.05, 4.69) is 0 Å². The maximum absolute atomic E-state index is 13.1. The second-order valence-electron chi connectivity index (χ2n) is 5.22. The fourth-order valence-electron chi connectivity index (χ4n) is 1.45. The highest BCUT2D eigenvalue weighted by molar-refractivity contribution is 5.81. The molecule has 0 aliphatic rings. The molecule has 0 spiro atoms. The summed E-state index contributed by atoms with van der Waals surface area (Å²) in [6, 6.07) is -0.784. The number of ether oxygens (including phenoxy) is 1. The van der Waals surface area contributed by atoms with Crippen LogP contribution in [0.2, 0.25) is 0 Å². The van der Waals surface area contributed by atoms with Gasteiger partial charge in [-0.1, -0.05) is 0 Å². The van der Waals surface area contributed by atoms with Gasteiger partial charge in [-0.25, -0.2) is 22.8 Å². The van der Waals surface area contributed by atoms with E-state index in [0.29, 0.717) is 12.1 Å². The van der Waals surface area contributed by atoms with Gasteiger partial charge < -0.3 is 15.2 Å². The highest BCUT2D eigenvalue weighted by Gasteiger charge is 2.27. The fourth-order valence-corrected chi connectivity index (χ4v) is 1.45. The van der Waals surface area contributed by atoms with Crippen molar-refractivity contribution in [2.75, 3.05) is 0 Å². The quantitative estimate of drug-likeness (QED) is 0.842. The predicted octanol–water partition coefficient (Wildman–Crippen LogP) is 2.75. The standard InChI is InChI=1S/C13H14F3NO4/c1-13(2,3)21-12(20)17-10(11(18)19)6-4-7(14)9(16)8(15)5-6/h4-5,10H,1-3H3,(H,17,20)(H,18,19). The molecule has 0 aromatic heterocycles. The van der Waals surface area contributed by atoms with E-state index in [-0.39, 0.29) is 0 Å². The summed E-state index contributed by atoms with van der Waals surface area (Å²) in [4.78, 5) is 22.6. The van der Waals surface area contributed by atoms with Crippen molar-refractivity contribution in [3.63, 3.8) is 0 Å². The third-order valence-electron chi connectivity index (χ3n) is 2.25. The van der Waals surface area contributed by atoms with Crippen molar-refractivity contribution in [2.45, 2.75) is 32.4 Å². The Kier molecular flexibility index (Phi) is 4.82. The molecule has 1 unspecified atom stereocenters. The van der Waals surface area contributed by atoms with Gasteiger partial charge in [-0.3, -0.25) is 0 Å². The molecule has 0 aliphatic heterocycles. The highest BCUT2D eigenvalue weighted by Crippen LogP contribution is 2.20. The molecule has 0 heterocycles. The molecule has 0 fully saturated rings. The molecule has 116 valence electrons. The number of benzene rings is 1. The number of alkyl carbamates (subject to hydrolysis) is 1. The summed E-state index contributed by atoms with van der Waals surface area (Å²) in [5.74, 6) is -6.41. The minimum atomic E-state index is -1.77. The first-order valence-corrected chi connectivity index (χ1v) is 5.88. The first-order chi connectivity index (χ1) is 9.51. The van der Waals surface area contributed by atoms with Gasteiger partial charge in [-0.2, -0.15) is 0 Å². The lowest BCUT2D eigenvalue weighted by Gasteiger charge is -2.22. The molecule has 1 amide bonds. The Morgan fingerprint density at radius 2 is 1.67 bits per heavy atom. The Morgan fingerprint density at radius 3 is 2.05 bits per heavy atom. The SMILES string of the molecule is CC(C)(C)OC(=O)NC(C(=O)O)c1cc(F)c(F)c(F)c1. The molecule has 0 saturated heterocycles. The summed E-state index contributed by atoms with van der Waals surface area (Å²) in [6.07, 6.45) is -1.08. The minimum Gasteiger partial charge on any atom is -0.479 e. The number of carboxylic acid groups (broad SMARTS) is 1. The Morgan fingerprint density at radius 1 is 1.19 bits per heavy atom. The first-order valence-electron chi connectivity index (χ1n) is 5.88. The van der Waals surface area contributed by atoms with Crippen LogP contribution in [0.5, 0.6) is 0 Å². The Hall–Kier alpha value is -2.25. The van der Waals surface area contributed by atoms with Crippen molar-refractivity contribution < 1.29 is 32.6 Å². The normalized spacial score (nSPS) is 12.7. The van der Waals surface area contributed by atoms with Crippen LogP contribution in [0.1, 0.15) is 32.4 Å². The van der Waals surface area contributed by atoms with Crippen LogP contribution < -0.4 is 5.32 Å². The lowest BCUT2D eigenvalue weighted by Crippen LogP contribution is -2.38. The summed E-state index contributed by atoms with van der Waals surface area (Å²) in [5.41, 5.74) is -1.34. The Balaban J connectivity index is 3.03. The van der Waals surface area contributed by atoms with Crippen molar-refractivity contribution in [1.29, 1.82) is 0 Å². The van der Waals surface area contributed by atoms with Crippen molar-refractivity contribution in [1.82, 2.24) is 5.32 Å². The van der Waals surface area contributed by atoms with Crippen molar-refractivity contribution >= 4 is 12.1 Å². The zero-order chi connectivity index (χ0) is 16.4. The summed E-state index contributed by atoms with van der Waals surface area (Å²) >= 11 is 0.